The average molecular weight is 343 g/mol. The molecule has 0 saturated carbocycles. The van der Waals surface area contributed by atoms with Crippen LogP contribution in [0.15, 0.2) is 23.4 Å². The van der Waals surface area contributed by atoms with Crippen molar-refractivity contribution in [2.75, 3.05) is 19.6 Å². The van der Waals surface area contributed by atoms with Gasteiger partial charge < -0.3 is 14.6 Å². The van der Waals surface area contributed by atoms with Crippen LogP contribution in [0.3, 0.4) is 0 Å². The highest BCUT2D eigenvalue weighted by Crippen LogP contribution is 2.18. The van der Waals surface area contributed by atoms with Crippen LogP contribution in [0.5, 0.6) is 0 Å². The van der Waals surface area contributed by atoms with Gasteiger partial charge in [0.1, 0.15) is 0 Å². The molecule has 1 aromatic carbocycles. The summed E-state index contributed by atoms with van der Waals surface area (Å²) in [4.78, 5) is 33.6. The third-order valence-electron chi connectivity index (χ3n) is 4.70. The van der Waals surface area contributed by atoms with E-state index in [0.717, 1.165) is 17.7 Å². The number of piperazine rings is 1. The molecule has 2 aliphatic rings. The van der Waals surface area contributed by atoms with Crippen LogP contribution >= 0.6 is 0 Å². The molecule has 1 fully saturated rings. The SMILES string of the molecule is CCC1=NO[C@@H](C(=O)N2CCN(Cc3cc(C)cc(C)c3)C(=O)C2)C1. The first-order valence-electron chi connectivity index (χ1n) is 8.81. The molecule has 2 heterocycles. The van der Waals surface area contributed by atoms with E-state index in [0.29, 0.717) is 26.1 Å². The summed E-state index contributed by atoms with van der Waals surface area (Å²) in [5.41, 5.74) is 4.42. The molecule has 2 aliphatic heterocycles. The highest BCUT2D eigenvalue weighted by molar-refractivity contribution is 5.94. The molecular weight excluding hydrogens is 318 g/mol. The van der Waals surface area contributed by atoms with Crippen molar-refractivity contribution in [1.82, 2.24) is 9.80 Å². The zero-order valence-electron chi connectivity index (χ0n) is 15.1. The van der Waals surface area contributed by atoms with E-state index in [1.165, 1.54) is 11.1 Å². The molecule has 0 aliphatic carbocycles. The molecule has 0 bridgehead atoms. The lowest BCUT2D eigenvalue weighted by molar-refractivity contribution is -0.151. The van der Waals surface area contributed by atoms with Crippen LogP contribution in [-0.2, 0) is 21.0 Å². The largest absolute Gasteiger partial charge is 0.382 e. The molecule has 3 rings (SSSR count). The van der Waals surface area contributed by atoms with Gasteiger partial charge in [-0.1, -0.05) is 41.4 Å². The number of carbonyl (C=O) groups excluding carboxylic acids is 2. The summed E-state index contributed by atoms with van der Waals surface area (Å²) < 4.78 is 0. The first-order chi connectivity index (χ1) is 12.0. The van der Waals surface area contributed by atoms with Crippen LogP contribution < -0.4 is 0 Å². The number of oxime groups is 1. The van der Waals surface area contributed by atoms with Crippen LogP contribution in [0.4, 0.5) is 0 Å². The maximum Gasteiger partial charge on any atom is 0.267 e. The number of nitrogens with zero attached hydrogens (tertiary/aromatic N) is 3. The van der Waals surface area contributed by atoms with E-state index in [-0.39, 0.29) is 18.4 Å². The smallest absolute Gasteiger partial charge is 0.267 e. The van der Waals surface area contributed by atoms with Crippen LogP contribution in [0.25, 0.3) is 0 Å². The zero-order chi connectivity index (χ0) is 18.0. The van der Waals surface area contributed by atoms with Crippen molar-refractivity contribution < 1.29 is 14.4 Å². The molecule has 0 unspecified atom stereocenters. The quantitative estimate of drug-likeness (QED) is 0.840. The molecule has 134 valence electrons. The average Bonchev–Trinajstić information content (AvgIpc) is 3.04. The van der Waals surface area contributed by atoms with Crippen molar-refractivity contribution in [1.29, 1.82) is 0 Å². The van der Waals surface area contributed by atoms with Crippen LogP contribution in [0.2, 0.25) is 0 Å². The van der Waals surface area contributed by atoms with Crippen molar-refractivity contribution in [2.24, 2.45) is 5.16 Å². The molecule has 0 spiro atoms. The monoisotopic (exact) mass is 343 g/mol. The fourth-order valence-corrected chi connectivity index (χ4v) is 3.42. The van der Waals surface area contributed by atoms with E-state index in [1.54, 1.807) is 4.90 Å². The fraction of sp³-hybridized carbons (Fsp3) is 0.526. The Hall–Kier alpha value is -2.37. The molecule has 0 aromatic heterocycles. The highest BCUT2D eigenvalue weighted by Gasteiger charge is 2.35. The van der Waals surface area contributed by atoms with E-state index < -0.39 is 6.10 Å². The van der Waals surface area contributed by atoms with Crippen LogP contribution in [0.1, 0.15) is 36.5 Å². The van der Waals surface area contributed by atoms with E-state index in [2.05, 4.69) is 37.2 Å². The number of amides is 2. The third kappa shape index (κ3) is 4.00. The van der Waals surface area contributed by atoms with Gasteiger partial charge in [-0.05, 0) is 25.8 Å². The minimum Gasteiger partial charge on any atom is -0.382 e. The molecule has 6 nitrogen and oxygen atoms in total. The number of benzene rings is 1. The predicted octanol–water partition coefficient (Wildman–Crippen LogP) is 2.03. The lowest BCUT2D eigenvalue weighted by atomic mass is 10.1. The second kappa shape index (κ2) is 7.25. The van der Waals surface area contributed by atoms with E-state index in [9.17, 15) is 9.59 Å². The Morgan fingerprint density at radius 1 is 1.24 bits per heavy atom. The Balaban J connectivity index is 1.57. The van der Waals surface area contributed by atoms with Gasteiger partial charge >= 0.3 is 0 Å². The molecule has 1 atom stereocenters. The van der Waals surface area contributed by atoms with Gasteiger partial charge in [-0.25, -0.2) is 0 Å². The maximum atomic E-state index is 12.5. The van der Waals surface area contributed by atoms with Gasteiger partial charge in [0.15, 0.2) is 0 Å². The Morgan fingerprint density at radius 2 is 1.96 bits per heavy atom. The van der Waals surface area contributed by atoms with Gasteiger partial charge in [0.25, 0.3) is 5.91 Å². The highest BCUT2D eigenvalue weighted by atomic mass is 16.6. The van der Waals surface area contributed by atoms with Gasteiger partial charge in [0, 0.05) is 26.1 Å². The molecule has 6 heteroatoms. The first kappa shape index (κ1) is 17.5. The summed E-state index contributed by atoms with van der Waals surface area (Å²) >= 11 is 0. The fourth-order valence-electron chi connectivity index (χ4n) is 3.42. The van der Waals surface area contributed by atoms with Crippen LogP contribution in [-0.4, -0.2) is 53.1 Å². The van der Waals surface area contributed by atoms with Gasteiger partial charge in [-0.3, -0.25) is 9.59 Å². The van der Waals surface area contributed by atoms with E-state index in [4.69, 9.17) is 4.84 Å². The molecule has 1 saturated heterocycles. The Bertz CT molecular complexity index is 694. The third-order valence-corrected chi connectivity index (χ3v) is 4.70. The number of aryl methyl sites for hydroxylation is 2. The summed E-state index contributed by atoms with van der Waals surface area (Å²) in [5, 5.41) is 3.93. The minimum absolute atomic E-state index is 0.0200. The molecular formula is C19H25N3O3. The lowest BCUT2D eigenvalue weighted by Gasteiger charge is -2.35. The normalized spacial score (nSPS) is 20.5. The topological polar surface area (TPSA) is 62.2 Å². The maximum absolute atomic E-state index is 12.5. The Labute approximate surface area is 148 Å². The van der Waals surface area contributed by atoms with Gasteiger partial charge in [-0.15, -0.1) is 0 Å². The van der Waals surface area contributed by atoms with E-state index in [1.807, 2.05) is 11.8 Å². The predicted molar refractivity (Wildman–Crippen MR) is 95.1 cm³/mol. The van der Waals surface area contributed by atoms with Crippen molar-refractivity contribution in [3.05, 3.63) is 34.9 Å². The number of carbonyl (C=O) groups is 2. The number of hydrogen-bond donors (Lipinski definition) is 0. The van der Waals surface area contributed by atoms with Crippen molar-refractivity contribution in [2.45, 2.75) is 46.3 Å². The first-order valence-corrected chi connectivity index (χ1v) is 8.81. The summed E-state index contributed by atoms with van der Waals surface area (Å²) in [6, 6.07) is 6.33. The summed E-state index contributed by atoms with van der Waals surface area (Å²) in [7, 11) is 0. The van der Waals surface area contributed by atoms with Crippen molar-refractivity contribution in [3.8, 4) is 0 Å². The summed E-state index contributed by atoms with van der Waals surface area (Å²) in [5.74, 6) is -0.153. The summed E-state index contributed by atoms with van der Waals surface area (Å²) in [6.45, 7) is 7.90. The molecule has 0 radical (unpaired) electrons. The van der Waals surface area contributed by atoms with Gasteiger partial charge in [-0.2, -0.15) is 0 Å². The van der Waals surface area contributed by atoms with Gasteiger partial charge in [0.05, 0.1) is 12.3 Å². The molecule has 1 aromatic rings. The summed E-state index contributed by atoms with van der Waals surface area (Å²) in [6.07, 6.45) is 0.757. The minimum atomic E-state index is -0.561. The molecule has 25 heavy (non-hydrogen) atoms. The number of rotatable bonds is 4. The molecule has 2 amide bonds. The standard InChI is InChI=1S/C19H25N3O3/c1-4-16-10-17(25-20-16)19(24)22-6-5-21(18(23)12-22)11-15-8-13(2)7-14(3)9-15/h7-9,17H,4-6,10-12H2,1-3H3/t17-/m1/s1. The second-order valence-electron chi connectivity index (χ2n) is 6.88. The van der Waals surface area contributed by atoms with Gasteiger partial charge in [0.2, 0.25) is 12.0 Å². The number of hydrogen-bond acceptors (Lipinski definition) is 4. The molecule has 0 N–H and O–H groups in total. The van der Waals surface area contributed by atoms with Crippen LogP contribution in [0, 0.1) is 13.8 Å². The second-order valence-corrected chi connectivity index (χ2v) is 6.88. The van der Waals surface area contributed by atoms with E-state index >= 15 is 0 Å². The zero-order valence-corrected chi connectivity index (χ0v) is 15.1. The Morgan fingerprint density at radius 3 is 2.56 bits per heavy atom. The van der Waals surface area contributed by atoms with Crippen molar-refractivity contribution >= 4 is 17.5 Å². The lowest BCUT2D eigenvalue weighted by Crippen LogP contribution is -2.54. The van der Waals surface area contributed by atoms with Crippen molar-refractivity contribution in [3.63, 3.8) is 0 Å². The Kier molecular flexibility index (Phi) is 5.06.